The van der Waals surface area contributed by atoms with Crippen molar-refractivity contribution in [3.8, 4) is 139 Å². The van der Waals surface area contributed by atoms with Gasteiger partial charge < -0.3 is 76.7 Å². The second-order valence-corrected chi connectivity index (χ2v) is 39.3. The van der Waals surface area contributed by atoms with Gasteiger partial charge in [0.15, 0.2) is 0 Å². The molecule has 12 aromatic rings. The molecule has 4 atom stereocenters. The Morgan fingerprint density at radius 1 is 0.366 bits per heavy atom. The molecule has 34 heteroatoms. The fourth-order valence-corrected chi connectivity index (χ4v) is 21.2. The van der Waals surface area contributed by atoms with Crippen LogP contribution in [0.4, 0.5) is 0 Å². The number of hydrogen-bond donors (Lipinski definition) is 2. The first-order valence-corrected chi connectivity index (χ1v) is 47.7. The van der Waals surface area contributed by atoms with Crippen molar-refractivity contribution in [3.05, 3.63) is 212 Å². The van der Waals surface area contributed by atoms with E-state index in [1.165, 1.54) is 32.1 Å². The SMILES string of the molecule is CC(C)Oc1ccc(-c2nc(-c3cccc4c3CC[C@@]43CC(=O)N(CC(=O)O)C3)no2)cc1C#N.CC(C)Oc1ccc(-c2nc(-c3cccc4c3CC[C@@]43CC(=O)N(CCN(C)C)C3)no2)cc1C#N.CC(C)Oc1ccc(-c2nc(-c3cccc4c3CC[C@]43CC(=O)N(CC(=O)O)C3)no2)cc1C#N.CC(C)Oc1ccc(-c2nc(-c3cccc4c3CC[C@]43CC(=O)N(CCN(C)C)C3)no2)cc1C#N. The summed E-state index contributed by atoms with van der Waals surface area (Å²) in [6.45, 7) is 20.2. The van der Waals surface area contributed by atoms with Crippen LogP contribution in [0.25, 0.3) is 91.4 Å². The second-order valence-electron chi connectivity index (χ2n) is 39.3. The van der Waals surface area contributed by atoms with Crippen LogP contribution in [-0.4, -0.2) is 234 Å². The summed E-state index contributed by atoms with van der Waals surface area (Å²) in [5.41, 5.74) is 15.7. The third-order valence-electron chi connectivity index (χ3n) is 27.5. The van der Waals surface area contributed by atoms with Crippen LogP contribution in [0.15, 0.2) is 164 Å². The molecule has 4 amide bonds. The van der Waals surface area contributed by atoms with Crippen molar-refractivity contribution in [3.63, 3.8) is 0 Å². The van der Waals surface area contributed by atoms with Crippen LogP contribution in [0.2, 0.25) is 0 Å². The van der Waals surface area contributed by atoms with Crippen LogP contribution in [0, 0.1) is 45.3 Å². The third kappa shape index (κ3) is 20.1. The van der Waals surface area contributed by atoms with Crippen molar-refractivity contribution in [2.75, 3.05) is 93.6 Å². The molecule has 728 valence electrons. The Labute approximate surface area is 821 Å². The van der Waals surface area contributed by atoms with Gasteiger partial charge in [-0.2, -0.15) is 41.0 Å². The van der Waals surface area contributed by atoms with Crippen molar-refractivity contribution >= 4 is 35.6 Å². The van der Waals surface area contributed by atoms with Gasteiger partial charge in [-0.25, -0.2) is 0 Å². The molecule has 20 rings (SSSR count). The molecule has 0 unspecified atom stereocenters. The normalized spacial score (nSPS) is 18.9. The van der Waals surface area contributed by atoms with Crippen LogP contribution < -0.4 is 18.9 Å². The maximum atomic E-state index is 12.8. The number of likely N-dealkylation sites (N-methyl/N-ethyl adjacent to an activating group) is 2. The predicted molar refractivity (Wildman–Crippen MR) is 520 cm³/mol. The molecule has 2 N–H and O–H groups in total. The summed E-state index contributed by atoms with van der Waals surface area (Å²) in [5.74, 6) is 3.45. The van der Waals surface area contributed by atoms with E-state index in [4.69, 9.17) is 47.3 Å². The predicted octanol–water partition coefficient (Wildman–Crippen LogP) is 15.2. The molecule has 4 spiro atoms. The monoisotopic (exact) mass is 1910 g/mol. The number of aromatic nitrogens is 8. The van der Waals surface area contributed by atoms with E-state index in [2.05, 4.69) is 86.8 Å². The van der Waals surface area contributed by atoms with Crippen molar-refractivity contribution < 1.29 is 76.0 Å². The van der Waals surface area contributed by atoms with Crippen molar-refractivity contribution in [2.24, 2.45) is 0 Å². The number of fused-ring (bicyclic) bond motifs is 8. The average molecular weight is 1920 g/mol. The standard InChI is InChI=1S/2C28H31N5O3.2C26H24N4O5/c2*1-18(2)35-24-9-8-19(14-20(24)16-29)27-30-26(31-36-27)22-6-5-7-23-21(22)10-11-28(23)15-25(34)33(17-28)13-12-32(3)4;2*1-15(2)34-21-7-6-16(10-17(21)12-27)25-28-24(29-35-25)19-4-3-5-20-18(19)8-9-26(20)11-22(31)30(14-26)13-23(32)33/h2*5-9,14,18H,10-13,15,17H2,1-4H3;2*3-7,10,15H,8-9,11,13-14H2,1-2H3,(H,32,33)/t2*28-;2*26-/m1010/s1. The van der Waals surface area contributed by atoms with Crippen LogP contribution in [0.1, 0.15) is 174 Å². The Balaban J connectivity index is 0.000000130. The molecule has 0 radical (unpaired) electrons. The molecule has 8 aliphatic rings. The van der Waals surface area contributed by atoms with Gasteiger partial charge in [0.25, 0.3) is 23.6 Å². The van der Waals surface area contributed by atoms with Gasteiger partial charge in [-0.15, -0.1) is 0 Å². The maximum Gasteiger partial charge on any atom is 0.323 e. The second kappa shape index (κ2) is 40.6. The molecule has 4 aliphatic carbocycles. The van der Waals surface area contributed by atoms with Crippen molar-refractivity contribution in [1.82, 2.24) is 70.0 Å². The van der Waals surface area contributed by atoms with Gasteiger partial charge in [-0.1, -0.05) is 93.4 Å². The summed E-state index contributed by atoms with van der Waals surface area (Å²) >= 11 is 0. The Kier molecular flexibility index (Phi) is 28.0. The van der Waals surface area contributed by atoms with Gasteiger partial charge in [-0.05, 0) is 252 Å². The van der Waals surface area contributed by atoms with Crippen LogP contribution in [0.5, 0.6) is 23.0 Å². The number of amides is 4. The highest BCUT2D eigenvalue weighted by atomic mass is 16.5. The van der Waals surface area contributed by atoms with Gasteiger partial charge in [0, 0.05) is 144 Å². The van der Waals surface area contributed by atoms with Crippen LogP contribution in [-0.2, 0) is 76.1 Å². The van der Waals surface area contributed by atoms with E-state index in [0.29, 0.717) is 153 Å². The van der Waals surface area contributed by atoms with Crippen LogP contribution >= 0.6 is 0 Å². The quantitative estimate of drug-likeness (QED) is 0.0508. The zero-order chi connectivity index (χ0) is 100. The summed E-state index contributed by atoms with van der Waals surface area (Å²) in [7, 11) is 8.12. The number of benzene rings is 8. The maximum absolute atomic E-state index is 12.8. The molecule has 0 bridgehead atoms. The number of carbonyl (C=O) groups excluding carboxylic acids is 4. The Morgan fingerprint density at radius 3 is 0.817 bits per heavy atom. The van der Waals surface area contributed by atoms with Crippen molar-refractivity contribution in [2.45, 2.75) is 179 Å². The summed E-state index contributed by atoms with van der Waals surface area (Å²) in [6.07, 6.45) is 8.17. The minimum absolute atomic E-state index is 0.0309. The number of rotatable bonds is 26. The average Bonchev–Trinajstić information content (AvgIpc) is 1.59. The minimum atomic E-state index is -1.01. The lowest BCUT2D eigenvalue weighted by atomic mass is 9.80. The van der Waals surface area contributed by atoms with E-state index in [1.54, 1.807) is 60.7 Å². The summed E-state index contributed by atoms with van der Waals surface area (Å²) in [5, 5.41) is 73.4. The first-order valence-electron chi connectivity index (χ1n) is 47.7. The zero-order valence-electron chi connectivity index (χ0n) is 81.4. The van der Waals surface area contributed by atoms with E-state index in [1.807, 2.05) is 166 Å². The minimum Gasteiger partial charge on any atom is -0.490 e. The topological polar surface area (TPSA) is 450 Å². The number of likely N-dealkylation sites (tertiary alicyclic amines) is 4. The molecule has 4 saturated heterocycles. The van der Waals surface area contributed by atoms with E-state index in [-0.39, 0.29) is 72.0 Å². The number of aliphatic carboxylic acids is 2. The summed E-state index contributed by atoms with van der Waals surface area (Å²) in [6, 6.07) is 53.7. The molecule has 4 fully saturated rings. The van der Waals surface area contributed by atoms with Gasteiger partial charge >= 0.3 is 11.9 Å². The molecule has 0 saturated carbocycles. The molecular formula is C108H110N18O16. The lowest BCUT2D eigenvalue weighted by molar-refractivity contribution is -0.142. The Morgan fingerprint density at radius 2 is 0.599 bits per heavy atom. The highest BCUT2D eigenvalue weighted by molar-refractivity contribution is 5.88. The lowest BCUT2D eigenvalue weighted by Gasteiger charge is -2.25. The Hall–Kier alpha value is -15.8. The largest absolute Gasteiger partial charge is 0.490 e. The summed E-state index contributed by atoms with van der Waals surface area (Å²) in [4.78, 5) is 103. The molecule has 34 nitrogen and oxygen atoms in total. The molecule has 8 aromatic carbocycles. The number of carboxylic acids is 2. The number of hydrogen-bond acceptors (Lipinski definition) is 28. The lowest BCUT2D eigenvalue weighted by Crippen LogP contribution is -2.35. The smallest absolute Gasteiger partial charge is 0.323 e. The molecular weight excluding hydrogens is 1810 g/mol. The van der Waals surface area contributed by atoms with E-state index >= 15 is 0 Å². The number of ether oxygens (including phenoxy) is 4. The zero-order valence-corrected chi connectivity index (χ0v) is 81.4. The molecule has 4 aromatic heterocycles. The van der Waals surface area contributed by atoms with Gasteiger partial charge in [0.1, 0.15) is 60.4 Å². The van der Waals surface area contributed by atoms with E-state index < -0.39 is 22.8 Å². The van der Waals surface area contributed by atoms with Crippen LogP contribution in [0.3, 0.4) is 0 Å². The summed E-state index contributed by atoms with van der Waals surface area (Å²) < 4.78 is 45.1. The molecule has 4 aliphatic heterocycles. The number of carbonyl (C=O) groups is 6. The third-order valence-corrected chi connectivity index (χ3v) is 27.5. The fraction of sp³-hybridized carbons (Fsp3) is 0.389. The highest BCUT2D eigenvalue weighted by Crippen LogP contribution is 2.54. The first-order chi connectivity index (χ1) is 68.2. The van der Waals surface area contributed by atoms with E-state index in [0.717, 1.165) is 135 Å². The van der Waals surface area contributed by atoms with E-state index in [9.17, 15) is 49.8 Å². The Bertz CT molecular complexity index is 6670. The first kappa shape index (κ1) is 97.8. The van der Waals surface area contributed by atoms with Gasteiger partial charge in [0.05, 0.1) is 46.7 Å². The molecule has 142 heavy (non-hydrogen) atoms. The van der Waals surface area contributed by atoms with Gasteiger partial charge in [0.2, 0.25) is 46.9 Å². The fourth-order valence-electron chi connectivity index (χ4n) is 21.2. The van der Waals surface area contributed by atoms with Crippen molar-refractivity contribution in [1.29, 1.82) is 21.0 Å². The molecule has 8 heterocycles. The van der Waals surface area contributed by atoms with Gasteiger partial charge in [-0.3, -0.25) is 28.8 Å². The number of carboxylic acid groups (broad SMARTS) is 2. The number of nitriles is 4. The number of nitrogens with zero attached hydrogens (tertiary/aromatic N) is 18. The highest BCUT2D eigenvalue weighted by Gasteiger charge is 2.53.